The Kier molecular flexibility index (Phi) is 4.09. The fraction of sp³-hybridized carbons (Fsp3) is 0.588. The number of nitrogens with zero attached hydrogens (tertiary/aromatic N) is 1. The molecule has 1 unspecified atom stereocenters. The number of anilines is 1. The van der Waals surface area contributed by atoms with E-state index in [0.29, 0.717) is 6.54 Å². The average molecular weight is 295 g/mol. The number of para-hydroxylation sites is 1. The SMILES string of the molecule is CCN1C(=O)C(C)(C(CC)(CC)C(F)F)c2ccccc21. The maximum absolute atomic E-state index is 14.0. The quantitative estimate of drug-likeness (QED) is 0.789. The molecule has 1 aromatic rings. The van der Waals surface area contributed by atoms with E-state index in [1.165, 1.54) is 0 Å². The van der Waals surface area contributed by atoms with Gasteiger partial charge in [0.15, 0.2) is 0 Å². The van der Waals surface area contributed by atoms with Gasteiger partial charge < -0.3 is 4.90 Å². The molecule has 1 atom stereocenters. The zero-order chi connectivity index (χ0) is 15.8. The Morgan fingerprint density at radius 2 is 1.76 bits per heavy atom. The highest BCUT2D eigenvalue weighted by atomic mass is 19.3. The molecule has 0 saturated heterocycles. The van der Waals surface area contributed by atoms with Crippen molar-refractivity contribution >= 4 is 11.6 Å². The third kappa shape index (κ3) is 1.84. The van der Waals surface area contributed by atoms with Crippen LogP contribution in [0.2, 0.25) is 0 Å². The Morgan fingerprint density at radius 3 is 2.24 bits per heavy atom. The van der Waals surface area contributed by atoms with Gasteiger partial charge in [0.1, 0.15) is 0 Å². The minimum absolute atomic E-state index is 0.199. The molecule has 0 spiro atoms. The molecule has 116 valence electrons. The van der Waals surface area contributed by atoms with Gasteiger partial charge >= 0.3 is 0 Å². The number of hydrogen-bond acceptors (Lipinski definition) is 1. The second-order valence-corrected chi connectivity index (χ2v) is 5.86. The number of alkyl halides is 2. The predicted octanol–water partition coefficient (Wildman–Crippen LogP) is 4.38. The fourth-order valence-electron chi connectivity index (χ4n) is 3.91. The van der Waals surface area contributed by atoms with E-state index in [2.05, 4.69) is 0 Å². The van der Waals surface area contributed by atoms with Crippen LogP contribution in [0.3, 0.4) is 0 Å². The number of carbonyl (C=O) groups excluding carboxylic acids is 1. The van der Waals surface area contributed by atoms with Gasteiger partial charge in [0, 0.05) is 17.6 Å². The van der Waals surface area contributed by atoms with Crippen LogP contribution >= 0.6 is 0 Å². The lowest BCUT2D eigenvalue weighted by molar-refractivity contribution is -0.136. The molecule has 1 aromatic carbocycles. The molecule has 0 saturated carbocycles. The molecule has 0 bridgehead atoms. The van der Waals surface area contributed by atoms with Crippen molar-refractivity contribution in [2.45, 2.75) is 52.4 Å². The van der Waals surface area contributed by atoms with Gasteiger partial charge in [0.05, 0.1) is 5.41 Å². The highest BCUT2D eigenvalue weighted by Gasteiger charge is 2.62. The second-order valence-electron chi connectivity index (χ2n) is 5.86. The summed E-state index contributed by atoms with van der Waals surface area (Å²) in [6.07, 6.45) is -1.99. The van der Waals surface area contributed by atoms with Crippen LogP contribution in [0.1, 0.15) is 46.1 Å². The smallest absolute Gasteiger partial charge is 0.245 e. The summed E-state index contributed by atoms with van der Waals surface area (Å²) in [6.45, 7) is 7.58. The first kappa shape index (κ1) is 15.9. The van der Waals surface area contributed by atoms with Crippen molar-refractivity contribution in [1.29, 1.82) is 0 Å². The summed E-state index contributed by atoms with van der Waals surface area (Å²) in [7, 11) is 0. The van der Waals surface area contributed by atoms with Crippen LogP contribution in [-0.4, -0.2) is 18.9 Å². The first-order chi connectivity index (χ1) is 9.90. The minimum Gasteiger partial charge on any atom is -0.312 e. The summed E-state index contributed by atoms with van der Waals surface area (Å²) in [5, 5.41) is 0. The Hall–Kier alpha value is -1.45. The molecule has 0 N–H and O–H groups in total. The monoisotopic (exact) mass is 295 g/mol. The molecule has 1 aliphatic heterocycles. The number of rotatable bonds is 5. The standard InChI is InChI=1S/C17H23F2NO/c1-5-17(6-2,14(18)19)16(4)12-10-8-9-11-13(12)20(7-3)15(16)21/h8-11,14H,5-7H2,1-4H3. The van der Waals surface area contributed by atoms with Crippen LogP contribution in [0.25, 0.3) is 0 Å². The molecule has 2 rings (SSSR count). The van der Waals surface area contributed by atoms with Gasteiger partial charge in [-0.15, -0.1) is 0 Å². The van der Waals surface area contributed by atoms with E-state index in [4.69, 9.17) is 0 Å². The van der Waals surface area contributed by atoms with Crippen molar-refractivity contribution in [3.05, 3.63) is 29.8 Å². The van der Waals surface area contributed by atoms with E-state index in [-0.39, 0.29) is 18.7 Å². The molecule has 2 nitrogen and oxygen atoms in total. The summed E-state index contributed by atoms with van der Waals surface area (Å²) < 4.78 is 28.0. The third-order valence-electron chi connectivity index (χ3n) is 5.40. The minimum atomic E-state index is -2.54. The molecule has 0 fully saturated rings. The number of likely N-dealkylation sites (N-methyl/N-ethyl adjacent to an activating group) is 1. The van der Waals surface area contributed by atoms with E-state index < -0.39 is 17.3 Å². The zero-order valence-corrected chi connectivity index (χ0v) is 13.1. The molecule has 0 radical (unpaired) electrons. The number of benzene rings is 1. The molecule has 4 heteroatoms. The first-order valence-corrected chi connectivity index (χ1v) is 7.60. The van der Waals surface area contributed by atoms with E-state index in [0.717, 1.165) is 11.3 Å². The molecule has 1 heterocycles. The fourth-order valence-corrected chi connectivity index (χ4v) is 3.91. The lowest BCUT2D eigenvalue weighted by Gasteiger charge is -2.44. The van der Waals surface area contributed by atoms with Crippen LogP contribution in [0, 0.1) is 5.41 Å². The number of amides is 1. The summed E-state index contributed by atoms with van der Waals surface area (Å²) in [6, 6.07) is 7.35. The van der Waals surface area contributed by atoms with Crippen LogP contribution in [-0.2, 0) is 10.2 Å². The normalized spacial score (nSPS) is 22.0. The highest BCUT2D eigenvalue weighted by molar-refractivity contribution is 6.08. The Morgan fingerprint density at radius 1 is 1.19 bits per heavy atom. The van der Waals surface area contributed by atoms with Crippen molar-refractivity contribution in [3.8, 4) is 0 Å². The molecule has 0 aromatic heterocycles. The lowest BCUT2D eigenvalue weighted by atomic mass is 9.58. The number of fused-ring (bicyclic) bond motifs is 1. The summed E-state index contributed by atoms with van der Waals surface area (Å²) >= 11 is 0. The van der Waals surface area contributed by atoms with Crippen LogP contribution in [0.15, 0.2) is 24.3 Å². The van der Waals surface area contributed by atoms with Gasteiger partial charge in [-0.2, -0.15) is 0 Å². The molecular weight excluding hydrogens is 272 g/mol. The van der Waals surface area contributed by atoms with E-state index >= 15 is 0 Å². The average Bonchev–Trinajstić information content (AvgIpc) is 2.70. The van der Waals surface area contributed by atoms with E-state index in [1.807, 2.05) is 31.2 Å². The van der Waals surface area contributed by atoms with Crippen LogP contribution in [0.5, 0.6) is 0 Å². The third-order valence-corrected chi connectivity index (χ3v) is 5.40. The number of carbonyl (C=O) groups is 1. The highest BCUT2D eigenvalue weighted by Crippen LogP contribution is 2.57. The van der Waals surface area contributed by atoms with Crippen molar-refractivity contribution in [3.63, 3.8) is 0 Å². The second kappa shape index (κ2) is 5.39. The molecule has 0 aliphatic carbocycles. The Balaban J connectivity index is 2.74. The summed E-state index contributed by atoms with van der Waals surface area (Å²) in [5.74, 6) is -0.199. The van der Waals surface area contributed by atoms with Crippen molar-refractivity contribution in [2.24, 2.45) is 5.41 Å². The lowest BCUT2D eigenvalue weighted by Crippen LogP contribution is -2.54. The van der Waals surface area contributed by atoms with Crippen molar-refractivity contribution in [2.75, 3.05) is 11.4 Å². The Bertz CT molecular complexity index is 539. The molecule has 1 aliphatic rings. The van der Waals surface area contributed by atoms with Gasteiger partial charge in [-0.25, -0.2) is 8.78 Å². The predicted molar refractivity (Wildman–Crippen MR) is 80.8 cm³/mol. The van der Waals surface area contributed by atoms with Gasteiger partial charge in [0.25, 0.3) is 0 Å². The van der Waals surface area contributed by atoms with Gasteiger partial charge in [-0.3, -0.25) is 4.79 Å². The largest absolute Gasteiger partial charge is 0.312 e. The number of hydrogen-bond donors (Lipinski definition) is 0. The molecule has 21 heavy (non-hydrogen) atoms. The van der Waals surface area contributed by atoms with Crippen LogP contribution in [0.4, 0.5) is 14.5 Å². The van der Waals surface area contributed by atoms with Gasteiger partial charge in [-0.1, -0.05) is 32.0 Å². The topological polar surface area (TPSA) is 20.3 Å². The summed E-state index contributed by atoms with van der Waals surface area (Å²) in [5.41, 5.74) is -0.984. The van der Waals surface area contributed by atoms with Crippen molar-refractivity contribution in [1.82, 2.24) is 0 Å². The van der Waals surface area contributed by atoms with Gasteiger partial charge in [0.2, 0.25) is 12.3 Å². The Labute approximate surface area is 125 Å². The van der Waals surface area contributed by atoms with Gasteiger partial charge in [-0.05, 0) is 38.3 Å². The maximum atomic E-state index is 14.0. The van der Waals surface area contributed by atoms with E-state index in [1.54, 1.807) is 25.7 Å². The summed E-state index contributed by atoms with van der Waals surface area (Å²) in [4.78, 5) is 14.6. The maximum Gasteiger partial charge on any atom is 0.245 e. The van der Waals surface area contributed by atoms with Crippen molar-refractivity contribution < 1.29 is 13.6 Å². The zero-order valence-electron chi connectivity index (χ0n) is 13.1. The molecule has 1 amide bonds. The van der Waals surface area contributed by atoms with Crippen LogP contribution < -0.4 is 4.90 Å². The molecular formula is C17H23F2NO. The van der Waals surface area contributed by atoms with E-state index in [9.17, 15) is 13.6 Å². The number of halogens is 2. The first-order valence-electron chi connectivity index (χ1n) is 7.60.